The van der Waals surface area contributed by atoms with Crippen LogP contribution in [-0.4, -0.2) is 24.0 Å². The Hall–Kier alpha value is -2.36. The second-order valence-corrected chi connectivity index (χ2v) is 5.18. The molecule has 2 rings (SSSR count). The largest absolute Gasteiger partial charge is 0.372 e. The lowest BCUT2D eigenvalue weighted by molar-refractivity contribution is 0.0935. The number of nitrogens with zero attached hydrogens (tertiary/aromatic N) is 2. The summed E-state index contributed by atoms with van der Waals surface area (Å²) in [6.07, 6.45) is 1.69. The molecule has 1 amide bonds. The standard InChI is InChI=1S/C18H23N3O/c1-4-21(5-2)16-11-12-19-17(13-16)18(22)20-14(3)15-9-7-6-8-10-15/h6-14H,4-5H2,1-3H3,(H,20,22). The van der Waals surface area contributed by atoms with Gasteiger partial charge in [-0.15, -0.1) is 0 Å². The van der Waals surface area contributed by atoms with Gasteiger partial charge in [0, 0.05) is 25.0 Å². The highest BCUT2D eigenvalue weighted by atomic mass is 16.1. The van der Waals surface area contributed by atoms with Crippen molar-refractivity contribution in [2.24, 2.45) is 0 Å². The fourth-order valence-corrected chi connectivity index (χ4v) is 2.42. The third-order valence-electron chi connectivity index (χ3n) is 3.75. The average molecular weight is 297 g/mol. The van der Waals surface area contributed by atoms with Crippen molar-refractivity contribution < 1.29 is 4.79 Å². The molecule has 1 heterocycles. The minimum absolute atomic E-state index is 0.0485. The summed E-state index contributed by atoms with van der Waals surface area (Å²) in [5.74, 6) is -0.148. The Bertz CT molecular complexity index is 609. The number of anilines is 1. The van der Waals surface area contributed by atoms with Gasteiger partial charge in [0.05, 0.1) is 6.04 Å². The fraction of sp³-hybridized carbons (Fsp3) is 0.333. The topological polar surface area (TPSA) is 45.2 Å². The van der Waals surface area contributed by atoms with E-state index in [4.69, 9.17) is 0 Å². The van der Waals surface area contributed by atoms with Crippen LogP contribution in [0.4, 0.5) is 5.69 Å². The second-order valence-electron chi connectivity index (χ2n) is 5.18. The number of hydrogen-bond acceptors (Lipinski definition) is 3. The molecule has 0 saturated carbocycles. The van der Waals surface area contributed by atoms with Crippen molar-refractivity contribution in [2.75, 3.05) is 18.0 Å². The number of amides is 1. The Kier molecular flexibility index (Phi) is 5.53. The van der Waals surface area contributed by atoms with Crippen LogP contribution in [0.2, 0.25) is 0 Å². The number of nitrogens with one attached hydrogen (secondary N) is 1. The molecule has 4 heteroatoms. The van der Waals surface area contributed by atoms with Crippen LogP contribution in [0.5, 0.6) is 0 Å². The number of pyridine rings is 1. The quantitative estimate of drug-likeness (QED) is 0.888. The summed E-state index contributed by atoms with van der Waals surface area (Å²) in [5.41, 5.74) is 2.56. The molecule has 1 aromatic carbocycles. The van der Waals surface area contributed by atoms with Crippen LogP contribution >= 0.6 is 0 Å². The maximum atomic E-state index is 12.4. The first-order chi connectivity index (χ1) is 10.7. The van der Waals surface area contributed by atoms with Crippen LogP contribution < -0.4 is 10.2 Å². The number of aromatic nitrogens is 1. The van der Waals surface area contributed by atoms with Crippen molar-refractivity contribution in [3.63, 3.8) is 0 Å². The number of rotatable bonds is 6. The second kappa shape index (κ2) is 7.59. The molecule has 2 aromatic rings. The zero-order valence-corrected chi connectivity index (χ0v) is 13.4. The first-order valence-electron chi connectivity index (χ1n) is 7.72. The van der Waals surface area contributed by atoms with E-state index in [1.54, 1.807) is 6.20 Å². The van der Waals surface area contributed by atoms with Gasteiger partial charge in [-0.1, -0.05) is 30.3 Å². The van der Waals surface area contributed by atoms with Crippen LogP contribution in [0, 0.1) is 0 Å². The van der Waals surface area contributed by atoms with E-state index < -0.39 is 0 Å². The fourth-order valence-electron chi connectivity index (χ4n) is 2.42. The summed E-state index contributed by atoms with van der Waals surface area (Å²) in [5, 5.41) is 2.99. The molecule has 4 nitrogen and oxygen atoms in total. The van der Waals surface area contributed by atoms with Crippen molar-refractivity contribution in [1.82, 2.24) is 10.3 Å². The van der Waals surface area contributed by atoms with Crippen molar-refractivity contribution in [1.29, 1.82) is 0 Å². The van der Waals surface area contributed by atoms with Gasteiger partial charge in [-0.25, -0.2) is 0 Å². The Labute approximate surface area is 132 Å². The van der Waals surface area contributed by atoms with Gasteiger partial charge in [-0.2, -0.15) is 0 Å². The van der Waals surface area contributed by atoms with E-state index in [9.17, 15) is 4.79 Å². The monoisotopic (exact) mass is 297 g/mol. The van der Waals surface area contributed by atoms with Crippen LogP contribution in [0.3, 0.4) is 0 Å². The maximum absolute atomic E-state index is 12.4. The summed E-state index contributed by atoms with van der Waals surface area (Å²) in [4.78, 5) is 18.8. The van der Waals surface area contributed by atoms with E-state index in [1.165, 1.54) is 0 Å². The molecule has 0 fully saturated rings. The van der Waals surface area contributed by atoms with Crippen LogP contribution in [0.15, 0.2) is 48.7 Å². The highest BCUT2D eigenvalue weighted by Crippen LogP contribution is 2.16. The van der Waals surface area contributed by atoms with Crippen molar-refractivity contribution in [2.45, 2.75) is 26.8 Å². The molecule has 1 N–H and O–H groups in total. The van der Waals surface area contributed by atoms with E-state index in [0.29, 0.717) is 5.69 Å². The molecule has 0 aliphatic heterocycles. The predicted octanol–water partition coefficient (Wildman–Crippen LogP) is 3.42. The molecule has 1 unspecified atom stereocenters. The Morgan fingerprint density at radius 1 is 1.18 bits per heavy atom. The average Bonchev–Trinajstić information content (AvgIpc) is 2.57. The molecule has 0 radical (unpaired) electrons. The van der Waals surface area contributed by atoms with Crippen molar-refractivity contribution in [3.05, 3.63) is 59.9 Å². The summed E-state index contributed by atoms with van der Waals surface area (Å²) in [6, 6.07) is 13.6. The van der Waals surface area contributed by atoms with Gasteiger partial charge in [0.2, 0.25) is 0 Å². The van der Waals surface area contributed by atoms with Crippen molar-refractivity contribution >= 4 is 11.6 Å². The van der Waals surface area contributed by atoms with E-state index in [1.807, 2.05) is 49.4 Å². The summed E-state index contributed by atoms with van der Waals surface area (Å²) in [6.45, 7) is 7.98. The minimum Gasteiger partial charge on any atom is -0.372 e. The molecule has 0 aliphatic rings. The number of carbonyl (C=O) groups excluding carboxylic acids is 1. The number of benzene rings is 1. The molecule has 1 aromatic heterocycles. The molecule has 1 atom stereocenters. The highest BCUT2D eigenvalue weighted by Gasteiger charge is 2.13. The first kappa shape index (κ1) is 16.0. The summed E-state index contributed by atoms with van der Waals surface area (Å²) in [7, 11) is 0. The Balaban J connectivity index is 2.11. The molecule has 0 spiro atoms. The lowest BCUT2D eigenvalue weighted by atomic mass is 10.1. The minimum atomic E-state index is -0.148. The zero-order valence-electron chi connectivity index (χ0n) is 13.4. The number of hydrogen-bond donors (Lipinski definition) is 1. The van der Waals surface area contributed by atoms with Crippen LogP contribution in [-0.2, 0) is 0 Å². The van der Waals surface area contributed by atoms with Gasteiger partial charge < -0.3 is 10.2 Å². The molecule has 116 valence electrons. The van der Waals surface area contributed by atoms with E-state index >= 15 is 0 Å². The van der Waals surface area contributed by atoms with Gasteiger partial charge in [0.15, 0.2) is 0 Å². The van der Waals surface area contributed by atoms with Crippen LogP contribution in [0.25, 0.3) is 0 Å². The lowest BCUT2D eigenvalue weighted by Crippen LogP contribution is -2.28. The maximum Gasteiger partial charge on any atom is 0.270 e. The molecular formula is C18H23N3O. The van der Waals surface area contributed by atoms with Crippen LogP contribution in [0.1, 0.15) is 42.9 Å². The Morgan fingerprint density at radius 2 is 1.86 bits per heavy atom. The molecule has 0 bridgehead atoms. The van der Waals surface area contributed by atoms with E-state index in [2.05, 4.69) is 29.0 Å². The summed E-state index contributed by atoms with van der Waals surface area (Å²) < 4.78 is 0. The lowest BCUT2D eigenvalue weighted by Gasteiger charge is -2.21. The summed E-state index contributed by atoms with van der Waals surface area (Å²) >= 11 is 0. The zero-order chi connectivity index (χ0) is 15.9. The van der Waals surface area contributed by atoms with Gasteiger partial charge >= 0.3 is 0 Å². The third kappa shape index (κ3) is 3.85. The van der Waals surface area contributed by atoms with Gasteiger partial charge in [0.25, 0.3) is 5.91 Å². The van der Waals surface area contributed by atoms with Gasteiger partial charge in [-0.05, 0) is 38.5 Å². The Morgan fingerprint density at radius 3 is 2.50 bits per heavy atom. The molecule has 22 heavy (non-hydrogen) atoms. The normalized spacial score (nSPS) is 11.8. The molecule has 0 aliphatic carbocycles. The molecular weight excluding hydrogens is 274 g/mol. The smallest absolute Gasteiger partial charge is 0.270 e. The van der Waals surface area contributed by atoms with E-state index in [-0.39, 0.29) is 11.9 Å². The highest BCUT2D eigenvalue weighted by molar-refractivity contribution is 5.93. The SMILES string of the molecule is CCN(CC)c1ccnc(C(=O)NC(C)c2ccccc2)c1. The third-order valence-corrected chi connectivity index (χ3v) is 3.75. The molecule has 0 saturated heterocycles. The van der Waals surface area contributed by atoms with Crippen molar-refractivity contribution in [3.8, 4) is 0 Å². The van der Waals surface area contributed by atoms with Gasteiger partial charge in [0.1, 0.15) is 5.69 Å². The van der Waals surface area contributed by atoms with E-state index in [0.717, 1.165) is 24.3 Å². The number of carbonyl (C=O) groups is 1. The van der Waals surface area contributed by atoms with Gasteiger partial charge in [-0.3, -0.25) is 9.78 Å². The first-order valence-corrected chi connectivity index (χ1v) is 7.72. The predicted molar refractivity (Wildman–Crippen MR) is 90.1 cm³/mol.